The van der Waals surface area contributed by atoms with Gasteiger partial charge in [-0.1, -0.05) is 18.2 Å². The topological polar surface area (TPSA) is 71.5 Å². The van der Waals surface area contributed by atoms with E-state index in [1.807, 2.05) is 24.3 Å². The third-order valence-electron chi connectivity index (χ3n) is 5.19. The molecule has 3 aromatic carbocycles. The molecule has 0 saturated carbocycles. The molecule has 2 amide bonds. The second-order valence-corrected chi connectivity index (χ2v) is 7.52. The molecule has 4 rings (SSSR count). The van der Waals surface area contributed by atoms with Crippen molar-refractivity contribution in [2.24, 2.45) is 0 Å². The largest absolute Gasteiger partial charge is 0.497 e. The third kappa shape index (κ3) is 4.98. The lowest BCUT2D eigenvalue weighted by molar-refractivity contribution is -0.116. The van der Waals surface area contributed by atoms with Gasteiger partial charge in [0.05, 0.1) is 30.4 Å². The predicted molar refractivity (Wildman–Crippen MR) is 126 cm³/mol. The molecule has 4 aromatic rings. The molecule has 0 spiro atoms. The zero-order valence-corrected chi connectivity index (χ0v) is 18.2. The van der Waals surface area contributed by atoms with Crippen LogP contribution in [0.25, 0.3) is 22.2 Å². The van der Waals surface area contributed by atoms with Crippen molar-refractivity contribution >= 4 is 28.4 Å². The predicted octanol–water partition coefficient (Wildman–Crippen LogP) is 4.76. The van der Waals surface area contributed by atoms with Crippen LogP contribution in [0.15, 0.2) is 78.9 Å². The van der Waals surface area contributed by atoms with E-state index in [2.05, 4.69) is 10.3 Å². The summed E-state index contributed by atoms with van der Waals surface area (Å²) in [5.41, 5.74) is 2.90. The average Bonchev–Trinajstić information content (AvgIpc) is 2.83. The number of pyridine rings is 1. The zero-order valence-electron chi connectivity index (χ0n) is 18.2. The smallest absolute Gasteiger partial charge is 0.254 e. The summed E-state index contributed by atoms with van der Waals surface area (Å²) in [6.45, 7) is -0.132. The van der Waals surface area contributed by atoms with E-state index in [4.69, 9.17) is 4.74 Å². The minimum Gasteiger partial charge on any atom is -0.497 e. The number of anilines is 1. The minimum absolute atomic E-state index is 0.132. The van der Waals surface area contributed by atoms with Gasteiger partial charge in [0.25, 0.3) is 5.91 Å². The fourth-order valence-corrected chi connectivity index (χ4v) is 3.49. The Hall–Kier alpha value is -4.26. The molecule has 0 aliphatic rings. The van der Waals surface area contributed by atoms with Gasteiger partial charge in [0.15, 0.2) is 0 Å². The Morgan fingerprint density at radius 1 is 1.00 bits per heavy atom. The lowest BCUT2D eigenvalue weighted by atomic mass is 10.0. The van der Waals surface area contributed by atoms with E-state index in [1.165, 1.54) is 17.0 Å². The number of carbonyl (C=O) groups is 2. The third-order valence-corrected chi connectivity index (χ3v) is 5.19. The number of nitrogens with one attached hydrogen (secondary N) is 1. The Bertz CT molecular complexity index is 1300. The van der Waals surface area contributed by atoms with Crippen molar-refractivity contribution in [3.8, 4) is 17.0 Å². The number of carbonyl (C=O) groups excluding carboxylic acids is 2. The van der Waals surface area contributed by atoms with Crippen molar-refractivity contribution in [1.29, 1.82) is 0 Å². The fraction of sp³-hybridized carbons (Fsp3) is 0.115. The molecule has 0 aliphatic carbocycles. The van der Waals surface area contributed by atoms with Gasteiger partial charge < -0.3 is 15.0 Å². The van der Waals surface area contributed by atoms with Crippen LogP contribution in [0.2, 0.25) is 0 Å². The zero-order chi connectivity index (χ0) is 23.4. The summed E-state index contributed by atoms with van der Waals surface area (Å²) in [4.78, 5) is 31.8. The summed E-state index contributed by atoms with van der Waals surface area (Å²) in [5.74, 6) is -0.310. The molecule has 0 unspecified atom stereocenters. The highest BCUT2D eigenvalue weighted by Crippen LogP contribution is 2.26. The van der Waals surface area contributed by atoms with Crippen molar-refractivity contribution in [2.45, 2.75) is 0 Å². The lowest BCUT2D eigenvalue weighted by Gasteiger charge is -2.18. The summed E-state index contributed by atoms with van der Waals surface area (Å²) in [5, 5.41) is 3.45. The number of rotatable bonds is 6. The number of likely N-dealkylation sites (N-methyl/N-ethyl adjacent to an activating group) is 1. The number of hydrogen-bond donors (Lipinski definition) is 1. The standard InChI is InChI=1S/C26H22FN3O3/c1-30(16-25(31)28-19-11-13-20(33-2)14-12-19)26(32)22-15-24(17-7-9-18(27)10-8-17)29-23-6-4-3-5-21(22)23/h3-15H,16H2,1-2H3,(H,28,31). The van der Waals surface area contributed by atoms with Crippen molar-refractivity contribution in [3.05, 3.63) is 90.2 Å². The molecule has 0 atom stereocenters. The first-order chi connectivity index (χ1) is 15.9. The maximum atomic E-state index is 13.4. The minimum atomic E-state index is -0.349. The Kier molecular flexibility index (Phi) is 6.31. The number of fused-ring (bicyclic) bond motifs is 1. The van der Waals surface area contributed by atoms with E-state index >= 15 is 0 Å². The quantitative estimate of drug-likeness (QED) is 0.466. The van der Waals surface area contributed by atoms with Gasteiger partial charge in [0, 0.05) is 23.7 Å². The van der Waals surface area contributed by atoms with Crippen molar-refractivity contribution in [1.82, 2.24) is 9.88 Å². The van der Waals surface area contributed by atoms with Gasteiger partial charge >= 0.3 is 0 Å². The van der Waals surface area contributed by atoms with Crippen LogP contribution in [0.1, 0.15) is 10.4 Å². The molecule has 0 bridgehead atoms. The number of benzene rings is 3. The molecule has 6 nitrogen and oxygen atoms in total. The first-order valence-electron chi connectivity index (χ1n) is 10.3. The molecule has 0 saturated heterocycles. The van der Waals surface area contributed by atoms with Crippen molar-refractivity contribution < 1.29 is 18.7 Å². The molecule has 1 aromatic heterocycles. The summed E-state index contributed by atoms with van der Waals surface area (Å²) in [7, 11) is 3.14. The van der Waals surface area contributed by atoms with Crippen LogP contribution < -0.4 is 10.1 Å². The first-order valence-corrected chi connectivity index (χ1v) is 10.3. The van der Waals surface area contributed by atoms with Crippen LogP contribution in [0.5, 0.6) is 5.75 Å². The molecule has 166 valence electrons. The van der Waals surface area contributed by atoms with Gasteiger partial charge in [-0.05, 0) is 60.7 Å². The van der Waals surface area contributed by atoms with Crippen LogP contribution in [0, 0.1) is 5.82 Å². The number of nitrogens with zero attached hydrogens (tertiary/aromatic N) is 2. The Labute approximate surface area is 190 Å². The SMILES string of the molecule is COc1ccc(NC(=O)CN(C)C(=O)c2cc(-c3ccc(F)cc3)nc3ccccc23)cc1. The first kappa shape index (κ1) is 22.0. The van der Waals surface area contributed by atoms with E-state index in [-0.39, 0.29) is 24.2 Å². The second kappa shape index (κ2) is 9.48. The van der Waals surface area contributed by atoms with E-state index in [1.54, 1.807) is 56.6 Å². The number of methoxy groups -OCH3 is 1. The molecule has 0 radical (unpaired) electrons. The fourth-order valence-electron chi connectivity index (χ4n) is 3.49. The summed E-state index contributed by atoms with van der Waals surface area (Å²) in [6, 6.07) is 21.8. The van der Waals surface area contributed by atoms with E-state index in [0.717, 1.165) is 0 Å². The molecular formula is C26H22FN3O3. The number of hydrogen-bond acceptors (Lipinski definition) is 4. The molecule has 1 N–H and O–H groups in total. The van der Waals surface area contributed by atoms with Crippen molar-refractivity contribution in [2.75, 3.05) is 26.0 Å². The highest BCUT2D eigenvalue weighted by Gasteiger charge is 2.19. The van der Waals surface area contributed by atoms with E-state index in [0.29, 0.717) is 39.2 Å². The van der Waals surface area contributed by atoms with Crippen molar-refractivity contribution in [3.63, 3.8) is 0 Å². The molecule has 0 aliphatic heterocycles. The highest BCUT2D eigenvalue weighted by molar-refractivity contribution is 6.08. The highest BCUT2D eigenvalue weighted by atomic mass is 19.1. The summed E-state index contributed by atoms with van der Waals surface area (Å²) < 4.78 is 18.5. The number of para-hydroxylation sites is 1. The normalized spacial score (nSPS) is 10.6. The number of amides is 2. The molecule has 7 heteroatoms. The van der Waals surface area contributed by atoms with Gasteiger partial charge in [-0.3, -0.25) is 9.59 Å². The van der Waals surface area contributed by atoms with Crippen LogP contribution >= 0.6 is 0 Å². The van der Waals surface area contributed by atoms with Crippen LogP contribution in [0.4, 0.5) is 10.1 Å². The van der Waals surface area contributed by atoms with Gasteiger partial charge in [0.1, 0.15) is 11.6 Å². The van der Waals surface area contributed by atoms with Gasteiger partial charge in [-0.25, -0.2) is 9.37 Å². The second-order valence-electron chi connectivity index (χ2n) is 7.52. The van der Waals surface area contributed by atoms with Crippen LogP contribution in [0.3, 0.4) is 0 Å². The van der Waals surface area contributed by atoms with E-state index in [9.17, 15) is 14.0 Å². The Balaban J connectivity index is 1.58. The molecule has 1 heterocycles. The number of aromatic nitrogens is 1. The Morgan fingerprint density at radius 2 is 1.70 bits per heavy atom. The maximum absolute atomic E-state index is 13.4. The summed E-state index contributed by atoms with van der Waals surface area (Å²) >= 11 is 0. The van der Waals surface area contributed by atoms with Crippen LogP contribution in [-0.4, -0.2) is 42.4 Å². The van der Waals surface area contributed by atoms with Gasteiger partial charge in [-0.15, -0.1) is 0 Å². The van der Waals surface area contributed by atoms with Gasteiger partial charge in [-0.2, -0.15) is 0 Å². The number of halogens is 1. The maximum Gasteiger partial charge on any atom is 0.254 e. The van der Waals surface area contributed by atoms with Crippen LogP contribution in [-0.2, 0) is 4.79 Å². The molecule has 0 fully saturated rings. The Morgan fingerprint density at radius 3 is 2.39 bits per heavy atom. The van der Waals surface area contributed by atoms with Gasteiger partial charge in [0.2, 0.25) is 5.91 Å². The van der Waals surface area contributed by atoms with E-state index < -0.39 is 0 Å². The monoisotopic (exact) mass is 443 g/mol. The molecular weight excluding hydrogens is 421 g/mol. The average molecular weight is 443 g/mol. The molecule has 33 heavy (non-hydrogen) atoms. The number of ether oxygens (including phenoxy) is 1. The summed E-state index contributed by atoms with van der Waals surface area (Å²) in [6.07, 6.45) is 0. The lowest BCUT2D eigenvalue weighted by Crippen LogP contribution is -2.35.